The van der Waals surface area contributed by atoms with E-state index in [4.69, 9.17) is 0 Å². The first-order chi connectivity index (χ1) is 11.1. The Kier molecular flexibility index (Phi) is 4.63. The maximum atomic E-state index is 12.3. The van der Waals surface area contributed by atoms with Gasteiger partial charge in [-0.2, -0.15) is 0 Å². The first-order valence-electron chi connectivity index (χ1n) is 7.40. The molecule has 3 nitrogen and oxygen atoms in total. The molecule has 3 rings (SSSR count). The van der Waals surface area contributed by atoms with Gasteiger partial charge in [0, 0.05) is 29.0 Å². The zero-order chi connectivity index (χ0) is 16.2. The fourth-order valence-electron chi connectivity index (χ4n) is 2.52. The van der Waals surface area contributed by atoms with Crippen LogP contribution < -0.4 is 5.32 Å². The highest BCUT2D eigenvalue weighted by Crippen LogP contribution is 2.18. The predicted molar refractivity (Wildman–Crippen MR) is 98.4 cm³/mol. The van der Waals surface area contributed by atoms with Gasteiger partial charge in [0.25, 0.3) is 5.91 Å². The van der Waals surface area contributed by atoms with Crippen molar-refractivity contribution in [2.45, 2.75) is 0 Å². The number of fused-ring (bicyclic) bond motifs is 1. The van der Waals surface area contributed by atoms with Gasteiger partial charge in [0.2, 0.25) is 0 Å². The Bertz CT molecular complexity index is 863. The SMILES string of the molecule is Cn1c(C(=O)NC/C=C/c2ccc(Br)cc2)cc2ccccc21. The number of amides is 1. The summed E-state index contributed by atoms with van der Waals surface area (Å²) < 4.78 is 2.97. The summed E-state index contributed by atoms with van der Waals surface area (Å²) in [5.41, 5.74) is 2.83. The molecule has 0 bridgehead atoms. The molecular weight excluding hydrogens is 352 g/mol. The Morgan fingerprint density at radius 1 is 1.17 bits per heavy atom. The number of para-hydroxylation sites is 1. The van der Waals surface area contributed by atoms with E-state index in [2.05, 4.69) is 21.2 Å². The van der Waals surface area contributed by atoms with Crippen molar-refractivity contribution >= 4 is 38.8 Å². The van der Waals surface area contributed by atoms with Crippen LogP contribution in [0, 0.1) is 0 Å². The van der Waals surface area contributed by atoms with E-state index in [1.54, 1.807) is 0 Å². The fourth-order valence-corrected chi connectivity index (χ4v) is 2.78. The van der Waals surface area contributed by atoms with Crippen LogP contribution in [0.5, 0.6) is 0 Å². The fraction of sp³-hybridized carbons (Fsp3) is 0.105. The van der Waals surface area contributed by atoms with Crippen LogP contribution in [0.4, 0.5) is 0 Å². The summed E-state index contributed by atoms with van der Waals surface area (Å²) in [5.74, 6) is -0.0656. The second-order valence-corrected chi connectivity index (χ2v) is 6.23. The van der Waals surface area contributed by atoms with E-state index in [0.29, 0.717) is 12.2 Å². The van der Waals surface area contributed by atoms with Crippen LogP contribution in [0.1, 0.15) is 16.1 Å². The highest BCUT2D eigenvalue weighted by molar-refractivity contribution is 9.10. The van der Waals surface area contributed by atoms with Gasteiger partial charge < -0.3 is 9.88 Å². The normalized spacial score (nSPS) is 11.2. The number of hydrogen-bond donors (Lipinski definition) is 1. The van der Waals surface area contributed by atoms with Gasteiger partial charge in [0.1, 0.15) is 5.69 Å². The van der Waals surface area contributed by atoms with Crippen molar-refractivity contribution in [1.29, 1.82) is 0 Å². The molecule has 0 aliphatic carbocycles. The highest BCUT2D eigenvalue weighted by atomic mass is 79.9. The van der Waals surface area contributed by atoms with Crippen LogP contribution in [0.25, 0.3) is 17.0 Å². The lowest BCUT2D eigenvalue weighted by Crippen LogP contribution is -2.25. The van der Waals surface area contributed by atoms with E-state index in [9.17, 15) is 4.79 Å². The Balaban J connectivity index is 1.64. The van der Waals surface area contributed by atoms with Gasteiger partial charge in [-0.25, -0.2) is 0 Å². The molecule has 1 heterocycles. The molecule has 0 radical (unpaired) electrons. The van der Waals surface area contributed by atoms with Crippen molar-refractivity contribution in [1.82, 2.24) is 9.88 Å². The van der Waals surface area contributed by atoms with Crippen LogP contribution >= 0.6 is 15.9 Å². The van der Waals surface area contributed by atoms with Gasteiger partial charge in [-0.05, 0) is 29.8 Å². The number of aryl methyl sites for hydroxylation is 1. The summed E-state index contributed by atoms with van der Waals surface area (Å²) in [6, 6.07) is 17.9. The van der Waals surface area contributed by atoms with Crippen molar-refractivity contribution in [2.75, 3.05) is 6.54 Å². The average Bonchev–Trinajstić information content (AvgIpc) is 2.90. The van der Waals surface area contributed by atoms with Crippen molar-refractivity contribution in [3.05, 3.63) is 76.4 Å². The maximum Gasteiger partial charge on any atom is 0.268 e. The van der Waals surface area contributed by atoms with E-state index < -0.39 is 0 Å². The first kappa shape index (κ1) is 15.6. The second-order valence-electron chi connectivity index (χ2n) is 5.31. The predicted octanol–water partition coefficient (Wildman–Crippen LogP) is 4.38. The quantitative estimate of drug-likeness (QED) is 0.728. The molecule has 1 aromatic heterocycles. The number of benzene rings is 2. The summed E-state index contributed by atoms with van der Waals surface area (Å²) in [7, 11) is 1.91. The summed E-state index contributed by atoms with van der Waals surface area (Å²) >= 11 is 3.41. The standard InChI is InChI=1S/C19H17BrN2O/c1-22-17-7-3-2-6-15(17)13-18(22)19(23)21-12-4-5-14-8-10-16(20)11-9-14/h2-11,13H,12H2,1H3,(H,21,23)/b5-4+. The van der Waals surface area contributed by atoms with Gasteiger partial charge in [-0.1, -0.05) is 58.4 Å². The van der Waals surface area contributed by atoms with Crippen LogP contribution in [0.2, 0.25) is 0 Å². The lowest BCUT2D eigenvalue weighted by atomic mass is 10.2. The number of nitrogens with zero attached hydrogens (tertiary/aromatic N) is 1. The smallest absolute Gasteiger partial charge is 0.268 e. The van der Waals surface area contributed by atoms with Crippen molar-refractivity contribution in [3.8, 4) is 0 Å². The summed E-state index contributed by atoms with van der Waals surface area (Å²) in [6.07, 6.45) is 3.94. The molecule has 116 valence electrons. The van der Waals surface area contributed by atoms with Crippen molar-refractivity contribution in [3.63, 3.8) is 0 Å². The number of nitrogens with one attached hydrogen (secondary N) is 1. The lowest BCUT2D eigenvalue weighted by Gasteiger charge is -2.04. The van der Waals surface area contributed by atoms with Gasteiger partial charge in [-0.15, -0.1) is 0 Å². The van der Waals surface area contributed by atoms with Crippen LogP contribution in [0.15, 0.2) is 65.1 Å². The molecule has 0 unspecified atom stereocenters. The Morgan fingerprint density at radius 2 is 1.91 bits per heavy atom. The van der Waals surface area contributed by atoms with E-state index in [1.165, 1.54) is 0 Å². The minimum absolute atomic E-state index is 0.0656. The second kappa shape index (κ2) is 6.84. The molecule has 3 aromatic rings. The van der Waals surface area contributed by atoms with E-state index in [1.807, 2.05) is 78.4 Å². The number of carbonyl (C=O) groups excluding carboxylic acids is 1. The topological polar surface area (TPSA) is 34.0 Å². The third-order valence-electron chi connectivity index (χ3n) is 3.75. The van der Waals surface area contributed by atoms with Crippen LogP contribution in [-0.4, -0.2) is 17.0 Å². The molecule has 2 aromatic carbocycles. The number of halogens is 1. The summed E-state index contributed by atoms with van der Waals surface area (Å²) in [6.45, 7) is 0.496. The van der Waals surface area contributed by atoms with Crippen molar-refractivity contribution in [2.24, 2.45) is 7.05 Å². The highest BCUT2D eigenvalue weighted by Gasteiger charge is 2.11. The van der Waals surface area contributed by atoms with Gasteiger partial charge >= 0.3 is 0 Å². The molecule has 0 saturated carbocycles. The van der Waals surface area contributed by atoms with E-state index >= 15 is 0 Å². The molecule has 23 heavy (non-hydrogen) atoms. The number of carbonyl (C=O) groups is 1. The van der Waals surface area contributed by atoms with E-state index in [0.717, 1.165) is 20.9 Å². The minimum atomic E-state index is -0.0656. The number of hydrogen-bond acceptors (Lipinski definition) is 1. The molecule has 0 spiro atoms. The molecule has 0 saturated heterocycles. The Morgan fingerprint density at radius 3 is 2.65 bits per heavy atom. The zero-order valence-electron chi connectivity index (χ0n) is 12.8. The van der Waals surface area contributed by atoms with Crippen molar-refractivity contribution < 1.29 is 4.79 Å². The van der Waals surface area contributed by atoms with Crippen LogP contribution in [0.3, 0.4) is 0 Å². The molecule has 0 atom stereocenters. The maximum absolute atomic E-state index is 12.3. The first-order valence-corrected chi connectivity index (χ1v) is 8.19. The van der Waals surface area contributed by atoms with Gasteiger partial charge in [0.05, 0.1) is 0 Å². The zero-order valence-corrected chi connectivity index (χ0v) is 14.4. The summed E-state index contributed by atoms with van der Waals surface area (Å²) in [5, 5.41) is 4.00. The van der Waals surface area contributed by atoms with Gasteiger partial charge in [0.15, 0.2) is 0 Å². The molecule has 0 aliphatic heterocycles. The molecule has 0 fully saturated rings. The molecule has 1 amide bonds. The monoisotopic (exact) mass is 368 g/mol. The largest absolute Gasteiger partial charge is 0.347 e. The Hall–Kier alpha value is -2.33. The minimum Gasteiger partial charge on any atom is -0.347 e. The lowest BCUT2D eigenvalue weighted by molar-refractivity contribution is 0.0950. The van der Waals surface area contributed by atoms with Gasteiger partial charge in [-0.3, -0.25) is 4.79 Å². The van der Waals surface area contributed by atoms with E-state index in [-0.39, 0.29) is 5.91 Å². The number of aromatic nitrogens is 1. The molecule has 4 heteroatoms. The molecular formula is C19H17BrN2O. The van der Waals surface area contributed by atoms with Crippen LogP contribution in [-0.2, 0) is 7.05 Å². The summed E-state index contributed by atoms with van der Waals surface area (Å²) in [4.78, 5) is 12.3. The third kappa shape index (κ3) is 3.54. The number of rotatable bonds is 4. The molecule has 0 aliphatic rings. The Labute approximate surface area is 143 Å². The third-order valence-corrected chi connectivity index (χ3v) is 4.27. The molecule has 1 N–H and O–H groups in total. The average molecular weight is 369 g/mol.